The molecule has 1 rings (SSSR count). The molecule has 1 nitrogen and oxygen atoms in total. The lowest BCUT2D eigenvalue weighted by atomic mass is 9.78. The molecule has 0 aromatic carbocycles. The number of unbranched alkanes of at least 4 members (excludes halogenated alkanes) is 6. The Morgan fingerprint density at radius 3 is 2.29 bits per heavy atom. The van der Waals surface area contributed by atoms with Crippen molar-refractivity contribution >= 4 is 0 Å². The molecule has 1 aliphatic carbocycles. The van der Waals surface area contributed by atoms with Crippen LogP contribution in [0.3, 0.4) is 0 Å². The van der Waals surface area contributed by atoms with Gasteiger partial charge in [0.1, 0.15) is 0 Å². The molecule has 1 fully saturated rings. The highest BCUT2D eigenvalue weighted by Gasteiger charge is 2.26. The van der Waals surface area contributed by atoms with Crippen LogP contribution in [0.2, 0.25) is 0 Å². The van der Waals surface area contributed by atoms with Crippen molar-refractivity contribution in [3.63, 3.8) is 0 Å². The van der Waals surface area contributed by atoms with Gasteiger partial charge in [-0.25, -0.2) is 0 Å². The summed E-state index contributed by atoms with van der Waals surface area (Å²) >= 11 is 0. The van der Waals surface area contributed by atoms with Crippen LogP contribution in [0.5, 0.6) is 0 Å². The number of rotatable bonds is 8. The minimum absolute atomic E-state index is 0.00583. The fourth-order valence-corrected chi connectivity index (χ4v) is 3.16. The standard InChI is InChI=1S/C16H32O/c1-3-4-5-6-7-8-9-10-15-13-14(2)11-12-16(15)17/h14-17H,3-13H2,1-2H3. The first kappa shape index (κ1) is 15.0. The second kappa shape index (κ2) is 8.97. The highest BCUT2D eigenvalue weighted by Crippen LogP contribution is 2.32. The van der Waals surface area contributed by atoms with Crippen LogP contribution in [0.1, 0.15) is 84.5 Å². The molecule has 0 spiro atoms. The van der Waals surface area contributed by atoms with Gasteiger partial charge in [0, 0.05) is 0 Å². The minimum atomic E-state index is 0.00583. The summed E-state index contributed by atoms with van der Waals surface area (Å²) in [5.41, 5.74) is 0. The van der Waals surface area contributed by atoms with Gasteiger partial charge >= 0.3 is 0 Å². The first-order valence-corrected chi connectivity index (χ1v) is 7.92. The molecule has 0 amide bonds. The predicted molar refractivity (Wildman–Crippen MR) is 75.1 cm³/mol. The van der Waals surface area contributed by atoms with Crippen LogP contribution in [0.25, 0.3) is 0 Å². The summed E-state index contributed by atoms with van der Waals surface area (Å²) in [6.45, 7) is 4.61. The topological polar surface area (TPSA) is 20.2 Å². The summed E-state index contributed by atoms with van der Waals surface area (Å²) in [4.78, 5) is 0. The van der Waals surface area contributed by atoms with Crippen LogP contribution in [0.4, 0.5) is 0 Å². The molecule has 3 unspecified atom stereocenters. The number of aliphatic hydroxyl groups excluding tert-OH is 1. The lowest BCUT2D eigenvalue weighted by Crippen LogP contribution is -2.28. The van der Waals surface area contributed by atoms with E-state index in [9.17, 15) is 5.11 Å². The van der Waals surface area contributed by atoms with Gasteiger partial charge in [-0.15, -0.1) is 0 Å². The number of hydrogen-bond acceptors (Lipinski definition) is 1. The first-order valence-electron chi connectivity index (χ1n) is 7.92. The van der Waals surface area contributed by atoms with Crippen molar-refractivity contribution in [3.8, 4) is 0 Å². The predicted octanol–water partition coefficient (Wildman–Crippen LogP) is 4.92. The van der Waals surface area contributed by atoms with E-state index in [1.807, 2.05) is 0 Å². The molecule has 0 radical (unpaired) electrons. The third-order valence-corrected chi connectivity index (χ3v) is 4.38. The van der Waals surface area contributed by atoms with Gasteiger partial charge in [0.25, 0.3) is 0 Å². The second-order valence-corrected chi connectivity index (χ2v) is 6.16. The van der Waals surface area contributed by atoms with Crippen molar-refractivity contribution in [1.82, 2.24) is 0 Å². The molecule has 0 aromatic rings. The van der Waals surface area contributed by atoms with Crippen molar-refractivity contribution in [2.24, 2.45) is 11.8 Å². The Bertz CT molecular complexity index is 178. The monoisotopic (exact) mass is 240 g/mol. The molecule has 0 saturated heterocycles. The van der Waals surface area contributed by atoms with Gasteiger partial charge in [0.15, 0.2) is 0 Å². The van der Waals surface area contributed by atoms with Crippen molar-refractivity contribution in [2.45, 2.75) is 90.6 Å². The maximum atomic E-state index is 9.96. The largest absolute Gasteiger partial charge is 0.393 e. The summed E-state index contributed by atoms with van der Waals surface area (Å²) in [7, 11) is 0. The molecule has 1 N–H and O–H groups in total. The van der Waals surface area contributed by atoms with Crippen molar-refractivity contribution in [3.05, 3.63) is 0 Å². The maximum Gasteiger partial charge on any atom is 0.0568 e. The van der Waals surface area contributed by atoms with Crippen LogP contribution < -0.4 is 0 Å². The van der Waals surface area contributed by atoms with Crippen molar-refractivity contribution < 1.29 is 5.11 Å². The molecular weight excluding hydrogens is 208 g/mol. The van der Waals surface area contributed by atoms with Gasteiger partial charge in [-0.3, -0.25) is 0 Å². The smallest absolute Gasteiger partial charge is 0.0568 e. The fourth-order valence-electron chi connectivity index (χ4n) is 3.16. The van der Waals surface area contributed by atoms with Gasteiger partial charge < -0.3 is 5.11 Å². The summed E-state index contributed by atoms with van der Waals surface area (Å²) in [5.74, 6) is 1.45. The first-order chi connectivity index (χ1) is 8.24. The highest BCUT2D eigenvalue weighted by atomic mass is 16.3. The molecule has 3 atom stereocenters. The number of hydrogen-bond donors (Lipinski definition) is 1. The van der Waals surface area contributed by atoms with E-state index in [-0.39, 0.29) is 6.10 Å². The zero-order valence-corrected chi connectivity index (χ0v) is 12.0. The van der Waals surface area contributed by atoms with Crippen LogP contribution in [-0.2, 0) is 0 Å². The van der Waals surface area contributed by atoms with Crippen LogP contribution in [0.15, 0.2) is 0 Å². The minimum Gasteiger partial charge on any atom is -0.393 e. The van der Waals surface area contributed by atoms with E-state index in [0.717, 1.165) is 12.3 Å². The Labute approximate surface area is 108 Å². The lowest BCUT2D eigenvalue weighted by Gasteiger charge is -2.31. The molecule has 102 valence electrons. The number of aliphatic hydroxyl groups is 1. The normalized spacial score (nSPS) is 29.5. The lowest BCUT2D eigenvalue weighted by molar-refractivity contribution is 0.0461. The third kappa shape index (κ3) is 6.45. The molecule has 0 aromatic heterocycles. The van der Waals surface area contributed by atoms with E-state index in [4.69, 9.17) is 0 Å². The van der Waals surface area contributed by atoms with Gasteiger partial charge in [0.05, 0.1) is 6.10 Å². The zero-order chi connectivity index (χ0) is 12.5. The summed E-state index contributed by atoms with van der Waals surface area (Å²) in [6, 6.07) is 0. The van der Waals surface area contributed by atoms with Crippen LogP contribution in [-0.4, -0.2) is 11.2 Å². The molecular formula is C16H32O. The van der Waals surface area contributed by atoms with Gasteiger partial charge in [0.2, 0.25) is 0 Å². The van der Waals surface area contributed by atoms with Gasteiger partial charge in [-0.2, -0.15) is 0 Å². The fraction of sp³-hybridized carbons (Fsp3) is 1.00. The molecule has 1 saturated carbocycles. The Morgan fingerprint density at radius 1 is 0.941 bits per heavy atom. The van der Waals surface area contributed by atoms with E-state index >= 15 is 0 Å². The van der Waals surface area contributed by atoms with Crippen LogP contribution in [0, 0.1) is 11.8 Å². The van der Waals surface area contributed by atoms with E-state index in [0.29, 0.717) is 5.92 Å². The average molecular weight is 240 g/mol. The van der Waals surface area contributed by atoms with Crippen molar-refractivity contribution in [2.75, 3.05) is 0 Å². The summed E-state index contributed by atoms with van der Waals surface area (Å²) in [5, 5.41) is 9.96. The molecule has 0 aliphatic heterocycles. The van der Waals surface area contributed by atoms with E-state index in [1.54, 1.807) is 0 Å². The Hall–Kier alpha value is -0.0400. The SMILES string of the molecule is CCCCCCCCCC1CC(C)CCC1O. The van der Waals surface area contributed by atoms with E-state index in [1.165, 1.54) is 64.2 Å². The maximum absolute atomic E-state index is 9.96. The van der Waals surface area contributed by atoms with Crippen LogP contribution >= 0.6 is 0 Å². The third-order valence-electron chi connectivity index (χ3n) is 4.38. The van der Waals surface area contributed by atoms with Crippen molar-refractivity contribution in [1.29, 1.82) is 0 Å². The quantitative estimate of drug-likeness (QED) is 0.597. The van der Waals surface area contributed by atoms with E-state index in [2.05, 4.69) is 13.8 Å². The highest BCUT2D eigenvalue weighted by molar-refractivity contribution is 4.77. The molecule has 17 heavy (non-hydrogen) atoms. The molecule has 0 bridgehead atoms. The summed E-state index contributed by atoms with van der Waals surface area (Å²) in [6.07, 6.45) is 14.5. The Morgan fingerprint density at radius 2 is 1.59 bits per heavy atom. The molecule has 1 heteroatoms. The Kier molecular flexibility index (Phi) is 7.92. The molecule has 0 heterocycles. The van der Waals surface area contributed by atoms with Gasteiger partial charge in [-0.1, -0.05) is 58.8 Å². The van der Waals surface area contributed by atoms with E-state index < -0.39 is 0 Å². The zero-order valence-electron chi connectivity index (χ0n) is 12.0. The Balaban J connectivity index is 1.97. The van der Waals surface area contributed by atoms with Gasteiger partial charge in [-0.05, 0) is 37.5 Å². The average Bonchev–Trinajstić information content (AvgIpc) is 2.32. The summed E-state index contributed by atoms with van der Waals surface area (Å²) < 4.78 is 0. The second-order valence-electron chi connectivity index (χ2n) is 6.16. The molecule has 1 aliphatic rings.